The first-order valence-electron chi connectivity index (χ1n) is 4.64. The third-order valence-electron chi connectivity index (χ3n) is 1.77. The number of hydrogen-bond donors (Lipinski definition) is 1. The van der Waals surface area contributed by atoms with Crippen molar-refractivity contribution in [2.75, 3.05) is 5.32 Å². The number of aryl methyl sites for hydroxylation is 1. The summed E-state index contributed by atoms with van der Waals surface area (Å²) in [6, 6.07) is 0. The fourth-order valence-electron chi connectivity index (χ4n) is 1.21. The minimum Gasteiger partial charge on any atom is -0.330 e. The Labute approximate surface area is 83.6 Å². The molecule has 1 heterocycles. The molecule has 0 aliphatic carbocycles. The summed E-state index contributed by atoms with van der Waals surface area (Å²) < 4.78 is 1.98. The van der Waals surface area contributed by atoms with Gasteiger partial charge in [-0.2, -0.15) is 0 Å². The van der Waals surface area contributed by atoms with Crippen LogP contribution in [0.5, 0.6) is 0 Å². The summed E-state index contributed by atoms with van der Waals surface area (Å²) in [5.41, 5.74) is 0. The van der Waals surface area contributed by atoms with Crippen LogP contribution in [0.3, 0.4) is 0 Å². The van der Waals surface area contributed by atoms with Crippen LogP contribution in [0.15, 0.2) is 12.3 Å². The molecular formula is C10H15N3O. The number of amides is 1. The molecule has 0 atom stereocenters. The van der Waals surface area contributed by atoms with Crippen LogP contribution < -0.4 is 5.32 Å². The van der Waals surface area contributed by atoms with Crippen molar-refractivity contribution in [1.29, 1.82) is 0 Å². The SMILES string of the molecule is C/C=C/c1nc(NC(C)=O)cn1CC. The van der Waals surface area contributed by atoms with E-state index in [0.717, 1.165) is 12.4 Å². The van der Waals surface area contributed by atoms with Gasteiger partial charge in [-0.15, -0.1) is 0 Å². The van der Waals surface area contributed by atoms with Crippen LogP contribution in [0.4, 0.5) is 5.82 Å². The number of anilines is 1. The second-order valence-electron chi connectivity index (χ2n) is 2.95. The largest absolute Gasteiger partial charge is 0.330 e. The van der Waals surface area contributed by atoms with Crippen molar-refractivity contribution >= 4 is 17.8 Å². The van der Waals surface area contributed by atoms with Crippen LogP contribution in [0.25, 0.3) is 6.08 Å². The number of carbonyl (C=O) groups is 1. The van der Waals surface area contributed by atoms with E-state index >= 15 is 0 Å². The molecule has 0 fully saturated rings. The Morgan fingerprint density at radius 1 is 1.71 bits per heavy atom. The lowest BCUT2D eigenvalue weighted by molar-refractivity contribution is -0.114. The molecule has 0 saturated heterocycles. The third-order valence-corrected chi connectivity index (χ3v) is 1.77. The Bertz CT molecular complexity index is 352. The third kappa shape index (κ3) is 2.45. The van der Waals surface area contributed by atoms with Gasteiger partial charge in [-0.3, -0.25) is 4.79 Å². The lowest BCUT2D eigenvalue weighted by Gasteiger charge is -1.97. The zero-order chi connectivity index (χ0) is 10.6. The summed E-state index contributed by atoms with van der Waals surface area (Å²) in [7, 11) is 0. The Morgan fingerprint density at radius 3 is 2.93 bits per heavy atom. The lowest BCUT2D eigenvalue weighted by atomic mass is 10.5. The normalized spacial score (nSPS) is 10.8. The van der Waals surface area contributed by atoms with Crippen molar-refractivity contribution in [2.45, 2.75) is 27.3 Å². The number of aromatic nitrogens is 2. The zero-order valence-corrected chi connectivity index (χ0v) is 8.74. The summed E-state index contributed by atoms with van der Waals surface area (Å²) in [5.74, 6) is 1.36. The Morgan fingerprint density at radius 2 is 2.43 bits per heavy atom. The average Bonchev–Trinajstić information content (AvgIpc) is 2.47. The van der Waals surface area contributed by atoms with E-state index in [0.29, 0.717) is 5.82 Å². The van der Waals surface area contributed by atoms with E-state index in [9.17, 15) is 4.79 Å². The molecule has 0 aliphatic heterocycles. The van der Waals surface area contributed by atoms with Gasteiger partial charge in [0, 0.05) is 19.7 Å². The summed E-state index contributed by atoms with van der Waals surface area (Å²) in [4.78, 5) is 15.1. The van der Waals surface area contributed by atoms with Gasteiger partial charge < -0.3 is 9.88 Å². The van der Waals surface area contributed by atoms with Gasteiger partial charge in [0.2, 0.25) is 5.91 Å². The predicted octanol–water partition coefficient (Wildman–Crippen LogP) is 1.89. The lowest BCUT2D eigenvalue weighted by Crippen LogP contribution is -2.05. The minimum absolute atomic E-state index is 0.0993. The van der Waals surface area contributed by atoms with Crippen LogP contribution in [-0.2, 0) is 11.3 Å². The minimum atomic E-state index is -0.0993. The summed E-state index contributed by atoms with van der Waals surface area (Å²) in [5, 5.41) is 2.65. The fraction of sp³-hybridized carbons (Fsp3) is 0.400. The topological polar surface area (TPSA) is 46.9 Å². The molecule has 0 aromatic carbocycles. The van der Waals surface area contributed by atoms with E-state index in [-0.39, 0.29) is 5.91 Å². The highest BCUT2D eigenvalue weighted by Gasteiger charge is 2.04. The molecule has 4 heteroatoms. The van der Waals surface area contributed by atoms with Crippen molar-refractivity contribution < 1.29 is 4.79 Å². The smallest absolute Gasteiger partial charge is 0.222 e. The van der Waals surface area contributed by atoms with Gasteiger partial charge >= 0.3 is 0 Å². The molecule has 0 aliphatic rings. The molecular weight excluding hydrogens is 178 g/mol. The van der Waals surface area contributed by atoms with Gasteiger partial charge in [0.15, 0.2) is 5.82 Å². The quantitative estimate of drug-likeness (QED) is 0.796. The highest BCUT2D eigenvalue weighted by molar-refractivity contribution is 5.87. The molecule has 4 nitrogen and oxygen atoms in total. The fourth-order valence-corrected chi connectivity index (χ4v) is 1.21. The second kappa shape index (κ2) is 4.60. The standard InChI is InChI=1S/C10H15N3O/c1-4-6-10-12-9(11-8(3)14)7-13(10)5-2/h4,6-7H,5H2,1-3H3,(H,11,14)/b6-4+. The highest BCUT2D eigenvalue weighted by atomic mass is 16.1. The molecule has 14 heavy (non-hydrogen) atoms. The number of carbonyl (C=O) groups excluding carboxylic acids is 1. The van der Waals surface area contributed by atoms with Gasteiger partial charge in [0.1, 0.15) is 5.82 Å². The number of imidazole rings is 1. The maximum absolute atomic E-state index is 10.8. The number of nitrogens with one attached hydrogen (secondary N) is 1. The van der Waals surface area contributed by atoms with Gasteiger partial charge in [0.25, 0.3) is 0 Å². The van der Waals surface area contributed by atoms with Gasteiger partial charge in [-0.1, -0.05) is 6.08 Å². The van der Waals surface area contributed by atoms with Gasteiger partial charge in [-0.25, -0.2) is 4.98 Å². The molecule has 0 unspecified atom stereocenters. The Hall–Kier alpha value is -1.58. The zero-order valence-electron chi connectivity index (χ0n) is 8.74. The predicted molar refractivity (Wildman–Crippen MR) is 56.9 cm³/mol. The molecule has 1 N–H and O–H groups in total. The highest BCUT2D eigenvalue weighted by Crippen LogP contribution is 2.09. The second-order valence-corrected chi connectivity index (χ2v) is 2.95. The van der Waals surface area contributed by atoms with E-state index in [1.807, 2.05) is 36.8 Å². The summed E-state index contributed by atoms with van der Waals surface area (Å²) >= 11 is 0. The van der Waals surface area contributed by atoms with Crippen LogP contribution in [0, 0.1) is 0 Å². The number of allylic oxidation sites excluding steroid dienone is 1. The van der Waals surface area contributed by atoms with E-state index in [1.165, 1.54) is 6.92 Å². The van der Waals surface area contributed by atoms with Crippen LogP contribution in [0.2, 0.25) is 0 Å². The van der Waals surface area contributed by atoms with Crippen molar-refractivity contribution in [3.63, 3.8) is 0 Å². The van der Waals surface area contributed by atoms with Crippen molar-refractivity contribution in [3.8, 4) is 0 Å². The first kappa shape index (κ1) is 10.5. The molecule has 1 aromatic rings. The molecule has 0 saturated carbocycles. The van der Waals surface area contributed by atoms with Crippen LogP contribution >= 0.6 is 0 Å². The summed E-state index contributed by atoms with van der Waals surface area (Å²) in [6.45, 7) is 6.28. The molecule has 1 rings (SSSR count). The van der Waals surface area contributed by atoms with E-state index < -0.39 is 0 Å². The van der Waals surface area contributed by atoms with Crippen LogP contribution in [-0.4, -0.2) is 15.5 Å². The summed E-state index contributed by atoms with van der Waals surface area (Å²) in [6.07, 6.45) is 5.66. The van der Waals surface area contributed by atoms with E-state index in [2.05, 4.69) is 10.3 Å². The molecule has 1 aromatic heterocycles. The monoisotopic (exact) mass is 193 g/mol. The first-order chi connectivity index (χ1) is 6.67. The van der Waals surface area contributed by atoms with Gasteiger partial charge in [-0.05, 0) is 19.9 Å². The maximum Gasteiger partial charge on any atom is 0.222 e. The molecule has 0 spiro atoms. The Balaban J connectivity index is 2.94. The molecule has 1 amide bonds. The average molecular weight is 193 g/mol. The number of hydrogen-bond acceptors (Lipinski definition) is 2. The van der Waals surface area contributed by atoms with Crippen molar-refractivity contribution in [3.05, 3.63) is 18.1 Å². The van der Waals surface area contributed by atoms with E-state index in [4.69, 9.17) is 0 Å². The van der Waals surface area contributed by atoms with Crippen LogP contribution in [0.1, 0.15) is 26.6 Å². The van der Waals surface area contributed by atoms with Gasteiger partial charge in [0.05, 0.1) is 0 Å². The molecule has 0 radical (unpaired) electrons. The van der Waals surface area contributed by atoms with Crippen molar-refractivity contribution in [1.82, 2.24) is 9.55 Å². The Kier molecular flexibility index (Phi) is 3.45. The maximum atomic E-state index is 10.8. The first-order valence-corrected chi connectivity index (χ1v) is 4.64. The van der Waals surface area contributed by atoms with Crippen molar-refractivity contribution in [2.24, 2.45) is 0 Å². The number of rotatable bonds is 3. The number of nitrogens with zero attached hydrogens (tertiary/aromatic N) is 2. The molecule has 76 valence electrons. The van der Waals surface area contributed by atoms with E-state index in [1.54, 1.807) is 0 Å². The molecule has 0 bridgehead atoms.